The summed E-state index contributed by atoms with van der Waals surface area (Å²) in [6.07, 6.45) is -2.19. The van der Waals surface area contributed by atoms with Gasteiger partial charge in [-0.25, -0.2) is 0 Å². The number of primary amides is 1. The number of carboxylic acid groups (broad SMARTS) is 1. The fourth-order valence-electron chi connectivity index (χ4n) is 1.57. The van der Waals surface area contributed by atoms with Gasteiger partial charge in [-0.15, -0.1) is 0 Å². The lowest BCUT2D eigenvalue weighted by Gasteiger charge is -2.16. The highest BCUT2D eigenvalue weighted by Gasteiger charge is 2.25. The number of nitrogens with two attached hydrogens (primary N) is 1. The number of hydrogen-bond donors (Lipinski definition) is 3. The van der Waals surface area contributed by atoms with Crippen molar-refractivity contribution in [2.24, 2.45) is 5.73 Å². The maximum Gasteiger partial charge on any atom is 0.307 e. The van der Waals surface area contributed by atoms with Crippen LogP contribution in [0.2, 0.25) is 0 Å². The highest BCUT2D eigenvalue weighted by molar-refractivity contribution is 6.04. The van der Waals surface area contributed by atoms with Gasteiger partial charge in [-0.1, -0.05) is 12.1 Å². The molecule has 0 saturated heterocycles. The van der Waals surface area contributed by atoms with Crippen LogP contribution < -0.4 is 11.1 Å². The van der Waals surface area contributed by atoms with Gasteiger partial charge in [-0.2, -0.15) is 0 Å². The van der Waals surface area contributed by atoms with Gasteiger partial charge < -0.3 is 20.9 Å². The number of nitrogens with one attached hydrogen (secondary N) is 1. The molecule has 1 aromatic carbocycles. The average Bonchev–Trinajstić information content (AvgIpc) is 2.37. The maximum absolute atomic E-state index is 12.0. The molecule has 0 unspecified atom stereocenters. The van der Waals surface area contributed by atoms with Gasteiger partial charge in [0.2, 0.25) is 0 Å². The molecule has 4 N–H and O–H groups in total. The molecule has 112 valence electrons. The Morgan fingerprint density at radius 2 is 1.90 bits per heavy atom. The van der Waals surface area contributed by atoms with Crippen LogP contribution in [0.5, 0.6) is 0 Å². The first-order valence-corrected chi connectivity index (χ1v) is 5.90. The van der Waals surface area contributed by atoms with E-state index in [1.54, 1.807) is 12.1 Å². The minimum atomic E-state index is -1.50. The van der Waals surface area contributed by atoms with E-state index in [-0.39, 0.29) is 11.3 Å². The molecular formula is C13H14N2O6. The van der Waals surface area contributed by atoms with E-state index >= 15 is 0 Å². The summed E-state index contributed by atoms with van der Waals surface area (Å²) in [4.78, 5) is 44.8. The van der Waals surface area contributed by atoms with Crippen LogP contribution in [0.25, 0.3) is 0 Å². The number of ether oxygens (including phenoxy) is 1. The van der Waals surface area contributed by atoms with E-state index in [9.17, 15) is 19.2 Å². The average molecular weight is 294 g/mol. The number of carbonyl (C=O) groups excluding carboxylic acids is 3. The second-order valence-corrected chi connectivity index (χ2v) is 4.10. The Hall–Kier alpha value is -2.90. The molecular weight excluding hydrogens is 280 g/mol. The van der Waals surface area contributed by atoms with Crippen molar-refractivity contribution in [1.82, 2.24) is 0 Å². The van der Waals surface area contributed by atoms with Crippen molar-refractivity contribution in [2.45, 2.75) is 19.4 Å². The molecule has 8 heteroatoms. The van der Waals surface area contributed by atoms with Crippen LogP contribution >= 0.6 is 0 Å². The molecule has 0 heterocycles. The van der Waals surface area contributed by atoms with Crippen LogP contribution in [0.15, 0.2) is 24.3 Å². The number of amides is 2. The number of carbonyl (C=O) groups is 4. The maximum atomic E-state index is 12.0. The normalized spacial score (nSPS) is 11.3. The van der Waals surface area contributed by atoms with E-state index in [1.165, 1.54) is 12.1 Å². The number of para-hydroxylation sites is 1. The lowest BCUT2D eigenvalue weighted by Crippen LogP contribution is -2.34. The van der Waals surface area contributed by atoms with Crippen molar-refractivity contribution < 1.29 is 29.0 Å². The molecule has 1 rings (SSSR count). The molecule has 0 bridgehead atoms. The third-order valence-electron chi connectivity index (χ3n) is 2.41. The van der Waals surface area contributed by atoms with E-state index in [0.29, 0.717) is 0 Å². The molecule has 0 saturated carbocycles. The summed E-state index contributed by atoms with van der Waals surface area (Å²) in [6, 6.07) is 5.93. The molecule has 0 radical (unpaired) electrons. The first kappa shape index (κ1) is 16.2. The third-order valence-corrected chi connectivity index (χ3v) is 2.41. The SMILES string of the molecule is CC(=O)O[C@@H](CC(=O)O)C(=O)Nc1ccccc1C(N)=O. The van der Waals surface area contributed by atoms with Crippen LogP contribution in [0.1, 0.15) is 23.7 Å². The molecule has 0 aromatic heterocycles. The van der Waals surface area contributed by atoms with Crippen LogP contribution in [-0.2, 0) is 19.1 Å². The summed E-state index contributed by atoms with van der Waals surface area (Å²) >= 11 is 0. The summed E-state index contributed by atoms with van der Waals surface area (Å²) in [7, 11) is 0. The number of benzene rings is 1. The second-order valence-electron chi connectivity index (χ2n) is 4.10. The van der Waals surface area contributed by atoms with Gasteiger partial charge in [0.25, 0.3) is 11.8 Å². The van der Waals surface area contributed by atoms with Gasteiger partial charge in [-0.05, 0) is 12.1 Å². The molecule has 1 atom stereocenters. The lowest BCUT2D eigenvalue weighted by atomic mass is 10.1. The number of esters is 1. The topological polar surface area (TPSA) is 136 Å². The van der Waals surface area contributed by atoms with Crippen molar-refractivity contribution >= 4 is 29.4 Å². The van der Waals surface area contributed by atoms with Gasteiger partial charge in [0.05, 0.1) is 17.7 Å². The quantitative estimate of drug-likeness (QED) is 0.638. The van der Waals surface area contributed by atoms with Crippen molar-refractivity contribution in [1.29, 1.82) is 0 Å². The highest BCUT2D eigenvalue weighted by Crippen LogP contribution is 2.15. The first-order chi connectivity index (χ1) is 9.81. The number of carboxylic acids is 1. The number of hydrogen-bond acceptors (Lipinski definition) is 5. The smallest absolute Gasteiger partial charge is 0.307 e. The Bertz CT molecular complexity index is 568. The Balaban J connectivity index is 2.93. The van der Waals surface area contributed by atoms with Crippen LogP contribution in [-0.4, -0.2) is 35.0 Å². The van der Waals surface area contributed by atoms with E-state index in [4.69, 9.17) is 10.8 Å². The zero-order valence-corrected chi connectivity index (χ0v) is 11.2. The molecule has 0 aliphatic heterocycles. The summed E-state index contributed by atoms with van der Waals surface area (Å²) in [5.74, 6) is -3.71. The molecule has 0 aliphatic carbocycles. The zero-order chi connectivity index (χ0) is 16.0. The largest absolute Gasteiger partial charge is 0.481 e. The lowest BCUT2D eigenvalue weighted by molar-refractivity contribution is -0.156. The minimum Gasteiger partial charge on any atom is -0.481 e. The van der Waals surface area contributed by atoms with Crippen molar-refractivity contribution in [3.63, 3.8) is 0 Å². The van der Waals surface area contributed by atoms with Crippen LogP contribution in [0, 0.1) is 0 Å². The Morgan fingerprint density at radius 1 is 1.29 bits per heavy atom. The molecule has 21 heavy (non-hydrogen) atoms. The molecule has 0 fully saturated rings. The fraction of sp³-hybridized carbons (Fsp3) is 0.231. The molecule has 2 amide bonds. The number of rotatable bonds is 6. The van der Waals surface area contributed by atoms with E-state index < -0.39 is 36.3 Å². The highest BCUT2D eigenvalue weighted by atomic mass is 16.5. The van der Waals surface area contributed by atoms with E-state index in [1.807, 2.05) is 0 Å². The van der Waals surface area contributed by atoms with Gasteiger partial charge in [0.1, 0.15) is 0 Å². The number of anilines is 1. The Morgan fingerprint density at radius 3 is 2.43 bits per heavy atom. The summed E-state index contributed by atoms with van der Waals surface area (Å²) in [5.41, 5.74) is 5.33. The Kier molecular flexibility index (Phi) is 5.41. The fourth-order valence-corrected chi connectivity index (χ4v) is 1.57. The number of aliphatic carboxylic acids is 1. The van der Waals surface area contributed by atoms with Crippen molar-refractivity contribution in [3.05, 3.63) is 29.8 Å². The molecule has 8 nitrogen and oxygen atoms in total. The van der Waals surface area contributed by atoms with Crippen molar-refractivity contribution in [3.8, 4) is 0 Å². The minimum absolute atomic E-state index is 0.0581. The van der Waals surface area contributed by atoms with E-state index in [0.717, 1.165) is 6.92 Å². The standard InChI is InChI=1S/C13H14N2O6/c1-7(16)21-10(6-11(17)18)13(20)15-9-5-3-2-4-8(9)12(14)19/h2-5,10H,6H2,1H3,(H2,14,19)(H,15,20)(H,17,18)/t10-/m0/s1. The molecule has 0 aliphatic rings. The second kappa shape index (κ2) is 7.04. The first-order valence-electron chi connectivity index (χ1n) is 5.90. The predicted molar refractivity (Wildman–Crippen MR) is 71.4 cm³/mol. The summed E-state index contributed by atoms with van der Waals surface area (Å²) in [5, 5.41) is 11.0. The van der Waals surface area contributed by atoms with E-state index in [2.05, 4.69) is 10.1 Å². The van der Waals surface area contributed by atoms with Crippen molar-refractivity contribution in [2.75, 3.05) is 5.32 Å². The van der Waals surface area contributed by atoms with Gasteiger partial charge in [0.15, 0.2) is 6.10 Å². The van der Waals surface area contributed by atoms with Crippen LogP contribution in [0.3, 0.4) is 0 Å². The van der Waals surface area contributed by atoms with Gasteiger partial charge >= 0.3 is 11.9 Å². The summed E-state index contributed by atoms with van der Waals surface area (Å²) in [6.45, 7) is 1.06. The molecule has 0 spiro atoms. The van der Waals surface area contributed by atoms with Crippen LogP contribution in [0.4, 0.5) is 5.69 Å². The van der Waals surface area contributed by atoms with Gasteiger partial charge in [-0.3, -0.25) is 19.2 Å². The summed E-state index contributed by atoms with van der Waals surface area (Å²) < 4.78 is 4.65. The molecule has 1 aromatic rings. The monoisotopic (exact) mass is 294 g/mol. The third kappa shape index (κ3) is 4.94. The Labute approximate surface area is 119 Å². The van der Waals surface area contributed by atoms with Gasteiger partial charge in [0, 0.05) is 6.92 Å². The predicted octanol–water partition coefficient (Wildman–Crippen LogP) is 0.130. The zero-order valence-electron chi connectivity index (χ0n) is 11.2.